The number of hydrogen-bond donors (Lipinski definition) is 3. The number of rotatable bonds is 5. The molecule has 0 aromatic carbocycles. The van der Waals surface area contributed by atoms with E-state index in [-0.39, 0.29) is 12.4 Å². The lowest BCUT2D eigenvalue weighted by Crippen LogP contribution is -2.48. The van der Waals surface area contributed by atoms with Gasteiger partial charge in [-0.3, -0.25) is 9.59 Å². The Labute approximate surface area is 98.7 Å². The molecule has 2 atom stereocenters. The van der Waals surface area contributed by atoms with Gasteiger partial charge in [-0.25, -0.2) is 4.79 Å². The van der Waals surface area contributed by atoms with Crippen LogP contribution in [0.5, 0.6) is 0 Å². The van der Waals surface area contributed by atoms with Crippen LogP contribution in [0.4, 0.5) is 0 Å². The number of aliphatic carboxylic acids is 1. The number of ether oxygens (including phenoxy) is 1. The van der Waals surface area contributed by atoms with E-state index in [1.165, 1.54) is 6.92 Å². The SMILES string of the molecule is COC(=O)C[C@H](NC(=O)[C@H](C)N)C(=O)O.Cl. The maximum absolute atomic E-state index is 11.1. The van der Waals surface area contributed by atoms with E-state index < -0.39 is 36.4 Å². The molecular formula is C8H15ClN2O5. The number of carboxylic acids is 1. The van der Waals surface area contributed by atoms with Crippen molar-refractivity contribution < 1.29 is 24.2 Å². The van der Waals surface area contributed by atoms with Gasteiger partial charge in [0.1, 0.15) is 6.04 Å². The van der Waals surface area contributed by atoms with Gasteiger partial charge in [0, 0.05) is 0 Å². The molecule has 0 rings (SSSR count). The number of carbonyl (C=O) groups excluding carboxylic acids is 2. The lowest BCUT2D eigenvalue weighted by Gasteiger charge is -2.14. The molecule has 0 spiro atoms. The van der Waals surface area contributed by atoms with Crippen LogP contribution < -0.4 is 11.1 Å². The highest BCUT2D eigenvalue weighted by molar-refractivity contribution is 5.89. The summed E-state index contributed by atoms with van der Waals surface area (Å²) in [7, 11) is 1.13. The van der Waals surface area contributed by atoms with Gasteiger partial charge in [-0.05, 0) is 6.92 Å². The second kappa shape index (κ2) is 7.89. The molecule has 0 heterocycles. The standard InChI is InChI=1S/C8H14N2O5.ClH/c1-4(9)7(12)10-5(8(13)14)3-6(11)15-2;/h4-5H,3,9H2,1-2H3,(H,10,12)(H,13,14);1H/t4-,5-;/m0./s1. The third-order valence-electron chi connectivity index (χ3n) is 1.63. The van der Waals surface area contributed by atoms with Gasteiger partial charge in [-0.1, -0.05) is 0 Å². The van der Waals surface area contributed by atoms with Crippen LogP contribution in [0.2, 0.25) is 0 Å². The first-order valence-electron chi connectivity index (χ1n) is 4.24. The lowest BCUT2D eigenvalue weighted by molar-refractivity contribution is -0.148. The third kappa shape index (κ3) is 6.20. The zero-order valence-electron chi connectivity index (χ0n) is 8.93. The normalized spacial score (nSPS) is 12.9. The number of methoxy groups -OCH3 is 1. The van der Waals surface area contributed by atoms with Crippen LogP contribution in [0.25, 0.3) is 0 Å². The monoisotopic (exact) mass is 254 g/mol. The van der Waals surface area contributed by atoms with Crippen LogP contribution >= 0.6 is 12.4 Å². The minimum atomic E-state index is -1.31. The van der Waals surface area contributed by atoms with Gasteiger partial charge in [0.05, 0.1) is 19.6 Å². The fourth-order valence-corrected chi connectivity index (χ4v) is 0.753. The molecule has 0 saturated heterocycles. The Morgan fingerprint density at radius 2 is 1.94 bits per heavy atom. The summed E-state index contributed by atoms with van der Waals surface area (Å²) >= 11 is 0. The van der Waals surface area contributed by atoms with Crippen LogP contribution in [0, 0.1) is 0 Å². The molecule has 16 heavy (non-hydrogen) atoms. The van der Waals surface area contributed by atoms with Crippen LogP contribution in [-0.2, 0) is 19.1 Å². The molecule has 8 heteroatoms. The molecule has 0 aromatic heterocycles. The summed E-state index contributed by atoms with van der Waals surface area (Å²) in [5, 5.41) is 10.8. The first kappa shape index (κ1) is 17.1. The molecule has 0 radical (unpaired) electrons. The number of esters is 1. The number of amides is 1. The van der Waals surface area contributed by atoms with Crippen molar-refractivity contribution in [3.05, 3.63) is 0 Å². The molecular weight excluding hydrogens is 240 g/mol. The maximum atomic E-state index is 11.1. The Morgan fingerprint density at radius 1 is 1.44 bits per heavy atom. The van der Waals surface area contributed by atoms with Crippen molar-refractivity contribution in [3.8, 4) is 0 Å². The number of carbonyl (C=O) groups is 3. The summed E-state index contributed by atoms with van der Waals surface area (Å²) in [4.78, 5) is 32.5. The largest absolute Gasteiger partial charge is 0.480 e. The van der Waals surface area contributed by atoms with Gasteiger partial charge < -0.3 is 20.9 Å². The van der Waals surface area contributed by atoms with E-state index >= 15 is 0 Å². The summed E-state index contributed by atoms with van der Waals surface area (Å²) in [6, 6.07) is -2.14. The van der Waals surface area contributed by atoms with Crippen molar-refractivity contribution >= 4 is 30.3 Å². The predicted molar refractivity (Wildman–Crippen MR) is 57.1 cm³/mol. The van der Waals surface area contributed by atoms with E-state index in [1.54, 1.807) is 0 Å². The maximum Gasteiger partial charge on any atom is 0.326 e. The molecule has 0 bridgehead atoms. The van der Waals surface area contributed by atoms with Crippen LogP contribution in [0.15, 0.2) is 0 Å². The fourth-order valence-electron chi connectivity index (χ4n) is 0.753. The first-order chi connectivity index (χ1) is 6.88. The van der Waals surface area contributed by atoms with Crippen molar-refractivity contribution in [2.75, 3.05) is 7.11 Å². The van der Waals surface area contributed by atoms with E-state index in [0.717, 1.165) is 7.11 Å². The van der Waals surface area contributed by atoms with E-state index in [9.17, 15) is 14.4 Å². The van der Waals surface area contributed by atoms with Gasteiger partial charge >= 0.3 is 11.9 Å². The Bertz CT molecular complexity index is 269. The fraction of sp³-hybridized carbons (Fsp3) is 0.625. The van der Waals surface area contributed by atoms with Gasteiger partial charge in [0.15, 0.2) is 0 Å². The molecule has 1 amide bonds. The number of nitrogens with two attached hydrogens (primary N) is 1. The average Bonchev–Trinajstić information content (AvgIpc) is 2.15. The molecule has 0 unspecified atom stereocenters. The molecule has 0 aromatic rings. The van der Waals surface area contributed by atoms with E-state index in [2.05, 4.69) is 10.1 Å². The van der Waals surface area contributed by atoms with Crippen LogP contribution in [0.3, 0.4) is 0 Å². The van der Waals surface area contributed by atoms with Crippen molar-refractivity contribution in [3.63, 3.8) is 0 Å². The molecule has 0 aliphatic heterocycles. The van der Waals surface area contributed by atoms with Gasteiger partial charge in [0.25, 0.3) is 0 Å². The molecule has 4 N–H and O–H groups in total. The molecule has 94 valence electrons. The number of hydrogen-bond acceptors (Lipinski definition) is 5. The molecule has 7 nitrogen and oxygen atoms in total. The predicted octanol–water partition coefficient (Wildman–Crippen LogP) is -1.11. The van der Waals surface area contributed by atoms with Crippen molar-refractivity contribution in [2.45, 2.75) is 25.4 Å². The molecule has 0 aliphatic carbocycles. The second-order valence-corrected chi connectivity index (χ2v) is 2.97. The topological polar surface area (TPSA) is 119 Å². The van der Waals surface area contributed by atoms with Crippen molar-refractivity contribution in [2.24, 2.45) is 5.73 Å². The first-order valence-corrected chi connectivity index (χ1v) is 4.24. The summed E-state index contributed by atoms with van der Waals surface area (Å²) in [6.07, 6.45) is -0.426. The Hall–Kier alpha value is -1.34. The van der Waals surface area contributed by atoms with Gasteiger partial charge in [0.2, 0.25) is 5.91 Å². The third-order valence-corrected chi connectivity index (χ3v) is 1.63. The molecule has 0 fully saturated rings. The molecule has 0 aliphatic rings. The number of halogens is 1. The number of nitrogens with one attached hydrogen (secondary N) is 1. The van der Waals surface area contributed by atoms with E-state index in [0.29, 0.717) is 0 Å². The number of carboxylic acid groups (broad SMARTS) is 1. The average molecular weight is 255 g/mol. The summed E-state index contributed by atoms with van der Waals surface area (Å²) < 4.78 is 4.29. The lowest BCUT2D eigenvalue weighted by atomic mass is 10.2. The summed E-state index contributed by atoms with van der Waals surface area (Å²) in [5.74, 6) is -2.66. The Balaban J connectivity index is 0. The Kier molecular flexibility index (Phi) is 8.41. The van der Waals surface area contributed by atoms with Crippen molar-refractivity contribution in [1.82, 2.24) is 5.32 Å². The zero-order chi connectivity index (χ0) is 12.0. The quantitative estimate of drug-likeness (QED) is 0.535. The second-order valence-electron chi connectivity index (χ2n) is 2.97. The highest BCUT2D eigenvalue weighted by Crippen LogP contribution is 1.95. The highest BCUT2D eigenvalue weighted by Gasteiger charge is 2.24. The molecule has 0 saturated carbocycles. The smallest absolute Gasteiger partial charge is 0.326 e. The van der Waals surface area contributed by atoms with Crippen LogP contribution in [-0.4, -0.2) is 42.1 Å². The summed E-state index contributed by atoms with van der Waals surface area (Å²) in [5.41, 5.74) is 5.23. The Morgan fingerprint density at radius 3 is 2.25 bits per heavy atom. The van der Waals surface area contributed by atoms with Crippen LogP contribution in [0.1, 0.15) is 13.3 Å². The van der Waals surface area contributed by atoms with Gasteiger partial charge in [-0.2, -0.15) is 0 Å². The van der Waals surface area contributed by atoms with Gasteiger partial charge in [-0.15, -0.1) is 12.4 Å². The van der Waals surface area contributed by atoms with E-state index in [4.69, 9.17) is 10.8 Å². The minimum absolute atomic E-state index is 0. The minimum Gasteiger partial charge on any atom is -0.480 e. The summed E-state index contributed by atoms with van der Waals surface area (Å²) in [6.45, 7) is 1.41. The highest BCUT2D eigenvalue weighted by atomic mass is 35.5. The van der Waals surface area contributed by atoms with E-state index in [1.807, 2.05) is 0 Å². The zero-order valence-corrected chi connectivity index (χ0v) is 9.74. The van der Waals surface area contributed by atoms with Crippen molar-refractivity contribution in [1.29, 1.82) is 0 Å².